The Bertz CT molecular complexity index is 1530. The van der Waals surface area contributed by atoms with E-state index in [0.29, 0.717) is 48.9 Å². The van der Waals surface area contributed by atoms with Crippen molar-refractivity contribution in [2.45, 2.75) is 6.92 Å². The first-order chi connectivity index (χ1) is 14.9. The number of nitrogens with zero attached hydrogens (tertiary/aromatic N) is 3. The van der Waals surface area contributed by atoms with E-state index in [0.717, 1.165) is 15.8 Å². The molecule has 2 heterocycles. The summed E-state index contributed by atoms with van der Waals surface area (Å²) in [6, 6.07) is 20.1. The summed E-state index contributed by atoms with van der Waals surface area (Å²) in [5.41, 5.74) is 3.93. The SMILES string of the molecule is Cc1ccc2nc(-c3ccc(Cl)cc3)c3nc(-c4ccc(Cl)cc4)n(N)c(=O)c3c2c1. The molecule has 31 heavy (non-hydrogen) atoms. The highest BCUT2D eigenvalue weighted by atomic mass is 35.5. The Morgan fingerprint density at radius 3 is 2.10 bits per heavy atom. The van der Waals surface area contributed by atoms with E-state index in [9.17, 15) is 4.79 Å². The van der Waals surface area contributed by atoms with Crippen LogP contribution in [0.1, 0.15) is 5.56 Å². The standard InChI is InChI=1S/C24H16Cl2N4O/c1-13-2-11-19-18(12-13)20-22(21(28-19)14-3-7-16(25)8-4-14)29-23(30(27)24(20)31)15-5-9-17(26)10-6-15/h2-12H,27H2,1H3. The van der Waals surface area contributed by atoms with E-state index in [-0.39, 0.29) is 5.56 Å². The van der Waals surface area contributed by atoms with Gasteiger partial charge in [-0.1, -0.05) is 47.0 Å². The zero-order valence-corrected chi connectivity index (χ0v) is 17.9. The predicted molar refractivity (Wildman–Crippen MR) is 127 cm³/mol. The molecule has 5 rings (SSSR count). The van der Waals surface area contributed by atoms with Crippen molar-refractivity contribution in [3.63, 3.8) is 0 Å². The zero-order valence-electron chi connectivity index (χ0n) is 16.4. The second-order valence-corrected chi connectivity index (χ2v) is 8.20. The Labute approximate surface area is 187 Å². The minimum absolute atomic E-state index is 0.332. The fourth-order valence-corrected chi connectivity index (χ4v) is 3.93. The number of aromatic nitrogens is 3. The van der Waals surface area contributed by atoms with E-state index in [1.54, 1.807) is 36.4 Å². The van der Waals surface area contributed by atoms with Crippen LogP contribution in [-0.4, -0.2) is 14.6 Å². The lowest BCUT2D eigenvalue weighted by molar-refractivity contribution is 0.927. The van der Waals surface area contributed by atoms with Gasteiger partial charge in [0.25, 0.3) is 5.56 Å². The van der Waals surface area contributed by atoms with Crippen molar-refractivity contribution in [2.75, 3.05) is 5.84 Å². The third-order valence-corrected chi connectivity index (χ3v) is 5.72. The zero-order chi connectivity index (χ0) is 21.7. The Kier molecular flexibility index (Phi) is 4.65. The van der Waals surface area contributed by atoms with Gasteiger partial charge in [-0.05, 0) is 55.5 Å². The summed E-state index contributed by atoms with van der Waals surface area (Å²) >= 11 is 12.1. The Morgan fingerprint density at radius 1 is 0.839 bits per heavy atom. The molecule has 5 nitrogen and oxygen atoms in total. The minimum atomic E-state index is -0.344. The van der Waals surface area contributed by atoms with Crippen molar-refractivity contribution in [1.82, 2.24) is 14.6 Å². The summed E-state index contributed by atoms with van der Waals surface area (Å²) in [7, 11) is 0. The molecule has 2 N–H and O–H groups in total. The van der Waals surface area contributed by atoms with Gasteiger partial charge in [-0.2, -0.15) is 0 Å². The largest absolute Gasteiger partial charge is 0.334 e. The van der Waals surface area contributed by atoms with E-state index in [1.165, 1.54) is 0 Å². The third-order valence-electron chi connectivity index (χ3n) is 5.21. The van der Waals surface area contributed by atoms with Gasteiger partial charge in [0, 0.05) is 26.6 Å². The number of pyridine rings is 1. The van der Waals surface area contributed by atoms with Crippen LogP contribution in [0.25, 0.3) is 44.5 Å². The molecule has 5 aromatic rings. The van der Waals surface area contributed by atoms with Crippen molar-refractivity contribution in [3.05, 3.63) is 92.7 Å². The highest BCUT2D eigenvalue weighted by molar-refractivity contribution is 6.31. The lowest BCUT2D eigenvalue weighted by Crippen LogP contribution is -2.30. The van der Waals surface area contributed by atoms with Gasteiger partial charge in [-0.15, -0.1) is 0 Å². The lowest BCUT2D eigenvalue weighted by Gasteiger charge is -2.14. The molecule has 0 saturated heterocycles. The Morgan fingerprint density at radius 2 is 1.45 bits per heavy atom. The first kappa shape index (κ1) is 19.5. The van der Waals surface area contributed by atoms with Crippen molar-refractivity contribution < 1.29 is 0 Å². The number of fused-ring (bicyclic) bond motifs is 3. The molecule has 0 spiro atoms. The quantitative estimate of drug-likeness (QED) is 0.282. The van der Waals surface area contributed by atoms with E-state index in [1.807, 2.05) is 37.3 Å². The molecular formula is C24H16Cl2N4O. The van der Waals surface area contributed by atoms with Crippen LogP contribution < -0.4 is 11.4 Å². The van der Waals surface area contributed by atoms with E-state index in [2.05, 4.69) is 0 Å². The maximum Gasteiger partial charge on any atom is 0.280 e. The summed E-state index contributed by atoms with van der Waals surface area (Å²) in [5, 5.41) is 2.34. The van der Waals surface area contributed by atoms with E-state index in [4.69, 9.17) is 39.0 Å². The highest BCUT2D eigenvalue weighted by Crippen LogP contribution is 2.32. The van der Waals surface area contributed by atoms with Gasteiger partial charge in [0.05, 0.1) is 16.6 Å². The summed E-state index contributed by atoms with van der Waals surface area (Å²) in [6.45, 7) is 1.97. The topological polar surface area (TPSA) is 73.8 Å². The number of benzene rings is 3. The molecule has 0 fully saturated rings. The van der Waals surface area contributed by atoms with Crippen LogP contribution in [-0.2, 0) is 0 Å². The van der Waals surface area contributed by atoms with Crippen LogP contribution in [0.3, 0.4) is 0 Å². The average Bonchev–Trinajstić information content (AvgIpc) is 2.76. The molecule has 0 bridgehead atoms. The van der Waals surface area contributed by atoms with Crippen molar-refractivity contribution in [1.29, 1.82) is 0 Å². The van der Waals surface area contributed by atoms with Crippen molar-refractivity contribution >= 4 is 45.0 Å². The van der Waals surface area contributed by atoms with Gasteiger partial charge in [0.15, 0.2) is 5.82 Å². The summed E-state index contributed by atoms with van der Waals surface area (Å²) in [5.74, 6) is 6.56. The van der Waals surface area contributed by atoms with Crippen molar-refractivity contribution in [3.8, 4) is 22.6 Å². The number of aryl methyl sites for hydroxylation is 1. The number of nitrogens with two attached hydrogens (primary N) is 1. The molecule has 0 amide bonds. The second kappa shape index (κ2) is 7.38. The number of hydrogen-bond donors (Lipinski definition) is 1. The average molecular weight is 447 g/mol. The lowest BCUT2D eigenvalue weighted by atomic mass is 10.0. The second-order valence-electron chi connectivity index (χ2n) is 7.33. The van der Waals surface area contributed by atoms with Crippen LogP contribution in [0.5, 0.6) is 0 Å². The molecule has 0 atom stereocenters. The van der Waals surface area contributed by atoms with E-state index >= 15 is 0 Å². The number of halogens is 2. The van der Waals surface area contributed by atoms with Gasteiger partial charge in [-0.3, -0.25) is 4.79 Å². The molecule has 7 heteroatoms. The van der Waals surface area contributed by atoms with Crippen LogP contribution in [0, 0.1) is 6.92 Å². The highest BCUT2D eigenvalue weighted by Gasteiger charge is 2.19. The minimum Gasteiger partial charge on any atom is -0.334 e. The van der Waals surface area contributed by atoms with Gasteiger partial charge >= 0.3 is 0 Å². The molecule has 0 radical (unpaired) electrons. The summed E-state index contributed by atoms with van der Waals surface area (Å²) < 4.78 is 1.08. The molecule has 0 aliphatic heterocycles. The Balaban J connectivity index is 1.95. The maximum atomic E-state index is 13.5. The molecule has 0 saturated carbocycles. The fraction of sp³-hybridized carbons (Fsp3) is 0.0417. The molecule has 0 aliphatic carbocycles. The summed E-state index contributed by atoms with van der Waals surface area (Å²) in [4.78, 5) is 23.1. The fourth-order valence-electron chi connectivity index (χ4n) is 3.68. The molecule has 2 aromatic heterocycles. The Hall–Kier alpha value is -3.41. The molecule has 152 valence electrons. The van der Waals surface area contributed by atoms with Crippen LogP contribution in [0.2, 0.25) is 10.0 Å². The van der Waals surface area contributed by atoms with Crippen molar-refractivity contribution in [2.24, 2.45) is 0 Å². The molecular weight excluding hydrogens is 431 g/mol. The van der Waals surface area contributed by atoms with Crippen LogP contribution in [0.15, 0.2) is 71.5 Å². The summed E-state index contributed by atoms with van der Waals surface area (Å²) in [6.07, 6.45) is 0. The monoisotopic (exact) mass is 446 g/mol. The van der Waals surface area contributed by atoms with Gasteiger partial charge < -0.3 is 5.84 Å². The van der Waals surface area contributed by atoms with Gasteiger partial charge in [0.2, 0.25) is 0 Å². The third kappa shape index (κ3) is 3.32. The predicted octanol–water partition coefficient (Wildman–Crippen LogP) is 5.61. The first-order valence-corrected chi connectivity index (χ1v) is 10.3. The normalized spacial score (nSPS) is 11.3. The molecule has 0 unspecified atom stereocenters. The maximum absolute atomic E-state index is 13.5. The number of rotatable bonds is 2. The van der Waals surface area contributed by atoms with Gasteiger partial charge in [0.1, 0.15) is 5.52 Å². The van der Waals surface area contributed by atoms with Gasteiger partial charge in [-0.25, -0.2) is 14.6 Å². The molecule has 0 aliphatic rings. The molecule has 3 aromatic carbocycles. The number of hydrogen-bond acceptors (Lipinski definition) is 4. The van der Waals surface area contributed by atoms with E-state index < -0.39 is 0 Å². The smallest absolute Gasteiger partial charge is 0.280 e. The van der Waals surface area contributed by atoms with Crippen LogP contribution in [0.4, 0.5) is 0 Å². The first-order valence-electron chi connectivity index (χ1n) is 9.56. The van der Waals surface area contributed by atoms with Crippen LogP contribution >= 0.6 is 23.2 Å². The number of nitrogen functional groups attached to an aromatic ring is 1.